The van der Waals surface area contributed by atoms with Gasteiger partial charge in [-0.1, -0.05) is 40.0 Å². The Bertz CT molecular complexity index is 740. The third kappa shape index (κ3) is 2.83. The molecule has 1 unspecified atom stereocenters. The minimum absolute atomic E-state index is 0.208. The fourth-order valence-corrected chi connectivity index (χ4v) is 6.68. The zero-order valence-corrected chi connectivity index (χ0v) is 18.7. The van der Waals surface area contributed by atoms with Gasteiger partial charge in [-0.3, -0.25) is 0 Å². The second-order valence-electron chi connectivity index (χ2n) is 9.76. The molecular weight excluding hydrogens is 356 g/mol. The van der Waals surface area contributed by atoms with E-state index in [2.05, 4.69) is 61.2 Å². The Kier molecular flexibility index (Phi) is 4.48. The number of hydrogen-bond donors (Lipinski definition) is 0. The summed E-state index contributed by atoms with van der Waals surface area (Å²) in [6.07, 6.45) is 10.6. The van der Waals surface area contributed by atoms with Gasteiger partial charge in [-0.2, -0.15) is 0 Å². The Labute approximate surface area is 162 Å². The lowest BCUT2D eigenvalue weighted by atomic mass is 9.69. The molecule has 142 valence electrons. The van der Waals surface area contributed by atoms with Crippen LogP contribution in [0.4, 0.5) is 0 Å². The van der Waals surface area contributed by atoms with E-state index in [0.717, 1.165) is 6.61 Å². The molecule has 0 amide bonds. The van der Waals surface area contributed by atoms with Crippen LogP contribution in [0.3, 0.4) is 0 Å². The molecule has 2 aromatic rings. The van der Waals surface area contributed by atoms with Gasteiger partial charge < -0.3 is 8.99 Å². The van der Waals surface area contributed by atoms with Crippen molar-refractivity contribution in [3.05, 3.63) is 28.8 Å². The van der Waals surface area contributed by atoms with Crippen LogP contribution in [-0.2, 0) is 4.43 Å². The molecule has 1 atom stereocenters. The summed E-state index contributed by atoms with van der Waals surface area (Å²) >= 11 is 1.92. The molecule has 26 heavy (non-hydrogen) atoms. The van der Waals surface area contributed by atoms with Gasteiger partial charge in [0.15, 0.2) is 8.32 Å². The van der Waals surface area contributed by atoms with Gasteiger partial charge in [0.25, 0.3) is 0 Å². The van der Waals surface area contributed by atoms with Gasteiger partial charge in [-0.25, -0.2) is 4.98 Å². The highest BCUT2D eigenvalue weighted by Gasteiger charge is 2.49. The molecule has 1 aliphatic heterocycles. The van der Waals surface area contributed by atoms with Crippen LogP contribution < -0.4 is 0 Å². The Morgan fingerprint density at radius 3 is 2.69 bits per heavy atom. The van der Waals surface area contributed by atoms with Gasteiger partial charge in [-0.05, 0) is 42.4 Å². The highest BCUT2D eigenvalue weighted by Crippen LogP contribution is 2.56. The second kappa shape index (κ2) is 6.32. The molecule has 2 aromatic heterocycles. The van der Waals surface area contributed by atoms with E-state index in [4.69, 9.17) is 4.43 Å². The van der Waals surface area contributed by atoms with Crippen LogP contribution in [0, 0.1) is 5.41 Å². The van der Waals surface area contributed by atoms with E-state index < -0.39 is 8.32 Å². The average molecular weight is 389 g/mol. The van der Waals surface area contributed by atoms with Crippen molar-refractivity contribution in [2.75, 3.05) is 6.61 Å². The molecule has 1 saturated carbocycles. The first kappa shape index (κ1) is 18.5. The largest absolute Gasteiger partial charge is 0.416 e. The van der Waals surface area contributed by atoms with Crippen molar-refractivity contribution >= 4 is 19.7 Å². The molecular formula is C21H32N2OSSi. The smallest absolute Gasteiger partial charge is 0.192 e. The van der Waals surface area contributed by atoms with Crippen molar-refractivity contribution in [1.29, 1.82) is 0 Å². The van der Waals surface area contributed by atoms with Gasteiger partial charge in [0.05, 0.1) is 24.3 Å². The normalized spacial score (nSPS) is 22.3. The molecule has 3 heterocycles. The molecule has 1 fully saturated rings. The quantitative estimate of drug-likeness (QED) is 0.560. The predicted molar refractivity (Wildman–Crippen MR) is 112 cm³/mol. The maximum atomic E-state index is 6.84. The van der Waals surface area contributed by atoms with Crippen molar-refractivity contribution in [2.24, 2.45) is 5.41 Å². The number of thiophene rings is 1. The van der Waals surface area contributed by atoms with Gasteiger partial charge in [0.1, 0.15) is 0 Å². The minimum atomic E-state index is -1.76. The van der Waals surface area contributed by atoms with Crippen LogP contribution in [0.25, 0.3) is 11.3 Å². The van der Waals surface area contributed by atoms with Gasteiger partial charge in [-0.15, -0.1) is 11.3 Å². The van der Waals surface area contributed by atoms with E-state index in [1.807, 2.05) is 17.5 Å². The van der Waals surface area contributed by atoms with E-state index in [0.29, 0.717) is 6.04 Å². The van der Waals surface area contributed by atoms with Crippen molar-refractivity contribution in [3.8, 4) is 11.3 Å². The van der Waals surface area contributed by atoms with E-state index in [1.165, 1.54) is 48.2 Å². The van der Waals surface area contributed by atoms with Crippen molar-refractivity contribution in [2.45, 2.75) is 77.0 Å². The Hall–Kier alpha value is -0.913. The van der Waals surface area contributed by atoms with Crippen LogP contribution in [0.15, 0.2) is 24.0 Å². The van der Waals surface area contributed by atoms with Gasteiger partial charge in [0.2, 0.25) is 0 Å². The van der Waals surface area contributed by atoms with Crippen LogP contribution in [-0.4, -0.2) is 24.5 Å². The lowest BCUT2D eigenvalue weighted by Gasteiger charge is -2.46. The maximum Gasteiger partial charge on any atom is 0.192 e. The third-order valence-corrected chi connectivity index (χ3v) is 12.6. The first-order chi connectivity index (χ1) is 12.3. The zero-order valence-electron chi connectivity index (χ0n) is 16.8. The summed E-state index contributed by atoms with van der Waals surface area (Å²) in [6.45, 7) is 12.7. The zero-order chi connectivity index (χ0) is 18.6. The monoisotopic (exact) mass is 388 g/mol. The standard InChI is InChI=1S/C21H32N2OSSi/c1-20(2,3)26(4,5)24-14-21(10-7-6-8-11-21)19-18-16(9-12-25-18)17-13-22-15-23(17)19/h9,12-13,15,19H,6-8,10-11,14H2,1-5H3. The maximum absolute atomic E-state index is 6.84. The number of nitrogens with zero attached hydrogens (tertiary/aromatic N) is 2. The molecule has 0 radical (unpaired) electrons. The van der Waals surface area contributed by atoms with Crippen LogP contribution >= 0.6 is 11.3 Å². The average Bonchev–Trinajstić information content (AvgIpc) is 3.26. The summed E-state index contributed by atoms with van der Waals surface area (Å²) in [5.41, 5.74) is 2.90. The summed E-state index contributed by atoms with van der Waals surface area (Å²) in [5, 5.41) is 2.51. The Balaban J connectivity index is 1.70. The number of imidazole rings is 1. The fraction of sp³-hybridized carbons (Fsp3) is 0.667. The molecule has 0 bridgehead atoms. The number of aromatic nitrogens is 2. The molecule has 0 spiro atoms. The molecule has 4 rings (SSSR count). The molecule has 1 aliphatic carbocycles. The van der Waals surface area contributed by atoms with Crippen molar-refractivity contribution < 1.29 is 4.43 Å². The first-order valence-corrected chi connectivity index (χ1v) is 13.8. The highest BCUT2D eigenvalue weighted by atomic mass is 32.1. The summed E-state index contributed by atoms with van der Waals surface area (Å²) in [6, 6.07) is 2.68. The van der Waals surface area contributed by atoms with E-state index in [1.54, 1.807) is 0 Å². The molecule has 0 N–H and O–H groups in total. The summed E-state index contributed by atoms with van der Waals surface area (Å²) in [7, 11) is -1.76. The topological polar surface area (TPSA) is 27.1 Å². The van der Waals surface area contributed by atoms with Crippen molar-refractivity contribution in [1.82, 2.24) is 9.55 Å². The van der Waals surface area contributed by atoms with E-state index >= 15 is 0 Å². The second-order valence-corrected chi connectivity index (χ2v) is 15.5. The van der Waals surface area contributed by atoms with Crippen molar-refractivity contribution in [3.63, 3.8) is 0 Å². The molecule has 3 nitrogen and oxygen atoms in total. The Morgan fingerprint density at radius 1 is 1.27 bits per heavy atom. The van der Waals surface area contributed by atoms with E-state index in [-0.39, 0.29) is 10.5 Å². The summed E-state index contributed by atoms with van der Waals surface area (Å²) in [5.74, 6) is 0. The first-order valence-electron chi connectivity index (χ1n) is 9.99. The molecule has 0 aromatic carbocycles. The van der Waals surface area contributed by atoms with Crippen LogP contribution in [0.5, 0.6) is 0 Å². The van der Waals surface area contributed by atoms with E-state index in [9.17, 15) is 0 Å². The molecule has 0 saturated heterocycles. The lowest BCUT2D eigenvalue weighted by Crippen LogP contribution is -2.46. The number of hydrogen-bond acceptors (Lipinski definition) is 3. The molecule has 2 aliphatic rings. The molecule has 5 heteroatoms. The SMILES string of the molecule is CC(C)(C)[Si](C)(C)OCC1(C2c3sccc3-c3cncn32)CCCCC1. The number of rotatable bonds is 4. The number of fused-ring (bicyclic) bond motifs is 3. The lowest BCUT2D eigenvalue weighted by molar-refractivity contribution is 0.0529. The predicted octanol–water partition coefficient (Wildman–Crippen LogP) is 6.49. The van der Waals surface area contributed by atoms with Gasteiger partial charge >= 0.3 is 0 Å². The fourth-order valence-electron chi connectivity index (χ4n) is 4.46. The van der Waals surface area contributed by atoms with Crippen LogP contribution in [0.1, 0.15) is 63.8 Å². The van der Waals surface area contributed by atoms with Crippen LogP contribution in [0.2, 0.25) is 18.1 Å². The summed E-state index contributed by atoms with van der Waals surface area (Å²) < 4.78 is 9.29. The van der Waals surface area contributed by atoms with Gasteiger partial charge in [0, 0.05) is 22.5 Å². The minimum Gasteiger partial charge on any atom is -0.416 e. The third-order valence-electron chi connectivity index (χ3n) is 7.12. The highest BCUT2D eigenvalue weighted by molar-refractivity contribution is 7.10. The Morgan fingerprint density at radius 2 is 2.00 bits per heavy atom. The summed E-state index contributed by atoms with van der Waals surface area (Å²) in [4.78, 5) is 6.01.